The van der Waals surface area contributed by atoms with Gasteiger partial charge < -0.3 is 15.7 Å². The minimum atomic E-state index is -1.15. The molecule has 0 saturated carbocycles. The molecule has 0 amide bonds. The summed E-state index contributed by atoms with van der Waals surface area (Å²) in [6, 6.07) is 21.4. The summed E-state index contributed by atoms with van der Waals surface area (Å²) < 4.78 is 3.33. The van der Waals surface area contributed by atoms with E-state index in [2.05, 4.69) is 27.8 Å². The smallest absolute Gasteiger partial charge is 0.278 e. The van der Waals surface area contributed by atoms with Gasteiger partial charge >= 0.3 is 0 Å². The molecule has 1 aliphatic rings. The lowest BCUT2D eigenvalue weighted by Gasteiger charge is -2.19. The fourth-order valence-corrected chi connectivity index (χ4v) is 4.79. The average Bonchev–Trinajstić information content (AvgIpc) is 3.19. The van der Waals surface area contributed by atoms with E-state index in [1.807, 2.05) is 48.5 Å². The Kier molecular flexibility index (Phi) is 6.01. The maximum atomic E-state index is 13.6. The lowest BCUT2D eigenvalue weighted by Crippen LogP contribution is -2.24. The van der Waals surface area contributed by atoms with Crippen molar-refractivity contribution >= 4 is 22.7 Å². The summed E-state index contributed by atoms with van der Waals surface area (Å²) >= 11 is 0. The van der Waals surface area contributed by atoms with Gasteiger partial charge in [0.15, 0.2) is 11.5 Å². The Balaban J connectivity index is 1.48. The lowest BCUT2D eigenvalue weighted by atomic mass is 10.0. The van der Waals surface area contributed by atoms with Crippen LogP contribution >= 0.6 is 0 Å². The molecular formula is C29H29N7O2. The van der Waals surface area contributed by atoms with Crippen LogP contribution in [-0.2, 0) is 25.1 Å². The van der Waals surface area contributed by atoms with Gasteiger partial charge in [0.1, 0.15) is 11.0 Å². The maximum absolute atomic E-state index is 13.6. The minimum Gasteiger partial charge on any atom is -0.384 e. The van der Waals surface area contributed by atoms with Crippen molar-refractivity contribution in [3.63, 3.8) is 0 Å². The van der Waals surface area contributed by atoms with Crippen LogP contribution in [0.25, 0.3) is 16.9 Å². The van der Waals surface area contributed by atoms with Crippen molar-refractivity contribution < 1.29 is 5.11 Å². The molecule has 5 aromatic rings. The fraction of sp³-hybridized carbons (Fsp3) is 0.241. The van der Waals surface area contributed by atoms with Crippen LogP contribution in [0.2, 0.25) is 0 Å². The van der Waals surface area contributed by atoms with Crippen molar-refractivity contribution in [3.05, 3.63) is 106 Å². The monoisotopic (exact) mass is 507 g/mol. The molecule has 6 rings (SSSR count). The molecule has 0 atom stereocenters. The zero-order valence-corrected chi connectivity index (χ0v) is 21.3. The predicted octanol–water partition coefficient (Wildman–Crippen LogP) is 3.64. The van der Waals surface area contributed by atoms with E-state index < -0.39 is 5.60 Å². The van der Waals surface area contributed by atoms with Crippen molar-refractivity contribution in [1.82, 2.24) is 29.6 Å². The second-order valence-corrected chi connectivity index (χ2v) is 10.1. The Morgan fingerprint density at radius 1 is 1.03 bits per heavy atom. The van der Waals surface area contributed by atoms with Crippen molar-refractivity contribution in [2.24, 2.45) is 0 Å². The number of nitrogens with one attached hydrogen (secondary N) is 2. The SMILES string of the molecule is CC(C)(O)c1cccc(-n2c3nc(Nc4ccc5c(c4)CCNC5)ncc3c(=O)n2Cc2ccccc2)n1. The molecule has 1 aliphatic heterocycles. The Morgan fingerprint density at radius 3 is 2.68 bits per heavy atom. The largest absolute Gasteiger partial charge is 0.384 e. The van der Waals surface area contributed by atoms with Gasteiger partial charge in [-0.05, 0) is 67.8 Å². The fourth-order valence-electron chi connectivity index (χ4n) is 4.79. The van der Waals surface area contributed by atoms with Gasteiger partial charge in [-0.15, -0.1) is 0 Å². The van der Waals surface area contributed by atoms with E-state index in [1.165, 1.54) is 11.1 Å². The Bertz CT molecular complexity index is 1680. The standard InChI is InChI=1S/C29H29N7O2/c1-29(2,38)24-9-6-10-25(33-24)36-26-23(27(37)35(36)18-19-7-4-3-5-8-19)17-31-28(34-26)32-22-12-11-21-16-30-14-13-20(21)15-22/h3-12,15,17,30,38H,13-14,16,18H2,1-2H3,(H,31,32,34). The molecule has 3 N–H and O–H groups in total. The van der Waals surface area contributed by atoms with Crippen molar-refractivity contribution in [1.29, 1.82) is 0 Å². The number of nitrogens with zero attached hydrogens (tertiary/aromatic N) is 5. The molecular weight excluding hydrogens is 478 g/mol. The van der Waals surface area contributed by atoms with Crippen molar-refractivity contribution in [2.45, 2.75) is 39.0 Å². The van der Waals surface area contributed by atoms with Crippen LogP contribution in [0.1, 0.15) is 36.2 Å². The molecule has 0 aliphatic carbocycles. The van der Waals surface area contributed by atoms with E-state index in [-0.39, 0.29) is 5.56 Å². The molecule has 0 unspecified atom stereocenters. The Morgan fingerprint density at radius 2 is 1.87 bits per heavy atom. The quantitative estimate of drug-likeness (QED) is 0.322. The summed E-state index contributed by atoms with van der Waals surface area (Å²) in [5.41, 5.74) is 4.02. The molecule has 9 heteroatoms. The van der Waals surface area contributed by atoms with E-state index in [4.69, 9.17) is 9.97 Å². The normalized spacial score (nSPS) is 13.4. The second kappa shape index (κ2) is 9.51. The summed E-state index contributed by atoms with van der Waals surface area (Å²) in [4.78, 5) is 27.6. The molecule has 3 aromatic heterocycles. The van der Waals surface area contributed by atoms with Gasteiger partial charge in [0.25, 0.3) is 5.56 Å². The first-order chi connectivity index (χ1) is 18.4. The summed E-state index contributed by atoms with van der Waals surface area (Å²) in [5.74, 6) is 0.870. The first-order valence-electron chi connectivity index (χ1n) is 12.7. The van der Waals surface area contributed by atoms with Gasteiger partial charge in [-0.3, -0.25) is 4.79 Å². The van der Waals surface area contributed by atoms with Crippen LogP contribution in [0.4, 0.5) is 11.6 Å². The van der Waals surface area contributed by atoms with Gasteiger partial charge in [0.2, 0.25) is 5.95 Å². The zero-order valence-electron chi connectivity index (χ0n) is 21.3. The van der Waals surface area contributed by atoms with Crippen LogP contribution in [0.15, 0.2) is 77.7 Å². The average molecular weight is 508 g/mol. The summed E-state index contributed by atoms with van der Waals surface area (Å²) in [6.45, 7) is 5.52. The number of aliphatic hydroxyl groups is 1. The molecule has 0 fully saturated rings. The van der Waals surface area contributed by atoms with Crippen molar-refractivity contribution in [3.8, 4) is 5.82 Å². The zero-order chi connectivity index (χ0) is 26.3. The van der Waals surface area contributed by atoms with Crippen LogP contribution in [0, 0.1) is 0 Å². The van der Waals surface area contributed by atoms with E-state index in [0.717, 1.165) is 30.8 Å². The van der Waals surface area contributed by atoms with E-state index in [9.17, 15) is 9.90 Å². The predicted molar refractivity (Wildman–Crippen MR) is 147 cm³/mol. The third-order valence-corrected chi connectivity index (χ3v) is 6.78. The summed E-state index contributed by atoms with van der Waals surface area (Å²) in [6.07, 6.45) is 2.53. The van der Waals surface area contributed by atoms with E-state index >= 15 is 0 Å². The molecule has 192 valence electrons. The van der Waals surface area contributed by atoms with Crippen LogP contribution < -0.4 is 16.2 Å². The van der Waals surface area contributed by atoms with Gasteiger partial charge in [-0.25, -0.2) is 19.3 Å². The highest BCUT2D eigenvalue weighted by Crippen LogP contribution is 2.24. The van der Waals surface area contributed by atoms with E-state index in [0.29, 0.717) is 35.0 Å². The topological polar surface area (TPSA) is 110 Å². The molecule has 0 radical (unpaired) electrons. The summed E-state index contributed by atoms with van der Waals surface area (Å²) in [5, 5.41) is 17.7. The molecule has 4 heterocycles. The lowest BCUT2D eigenvalue weighted by molar-refractivity contribution is 0.0738. The number of hydrogen-bond acceptors (Lipinski definition) is 7. The Hall–Kier alpha value is -4.34. The number of pyridine rings is 1. The number of anilines is 2. The van der Waals surface area contributed by atoms with Gasteiger partial charge in [0, 0.05) is 18.4 Å². The van der Waals surface area contributed by atoms with Gasteiger partial charge in [-0.2, -0.15) is 4.98 Å². The van der Waals surface area contributed by atoms with Crippen LogP contribution in [-0.4, -0.2) is 36.0 Å². The third-order valence-electron chi connectivity index (χ3n) is 6.78. The molecule has 0 saturated heterocycles. The number of fused-ring (bicyclic) bond motifs is 2. The van der Waals surface area contributed by atoms with E-state index in [1.54, 1.807) is 35.5 Å². The highest BCUT2D eigenvalue weighted by atomic mass is 16.3. The number of benzene rings is 2. The summed E-state index contributed by atoms with van der Waals surface area (Å²) in [7, 11) is 0. The number of hydrogen-bond donors (Lipinski definition) is 3. The number of aromatic nitrogens is 5. The Labute approximate surface area is 219 Å². The molecule has 0 spiro atoms. The first kappa shape index (κ1) is 24.0. The number of rotatable bonds is 6. The highest BCUT2D eigenvalue weighted by molar-refractivity contribution is 5.77. The van der Waals surface area contributed by atoms with Crippen LogP contribution in [0.3, 0.4) is 0 Å². The van der Waals surface area contributed by atoms with Crippen LogP contribution in [0.5, 0.6) is 0 Å². The molecule has 0 bridgehead atoms. The maximum Gasteiger partial charge on any atom is 0.278 e. The third kappa shape index (κ3) is 4.57. The molecule has 9 nitrogen and oxygen atoms in total. The first-order valence-corrected chi connectivity index (χ1v) is 12.7. The van der Waals surface area contributed by atoms with Crippen molar-refractivity contribution in [2.75, 3.05) is 11.9 Å². The molecule has 2 aromatic carbocycles. The minimum absolute atomic E-state index is 0.216. The molecule has 38 heavy (non-hydrogen) atoms. The second-order valence-electron chi connectivity index (χ2n) is 10.1. The van der Waals surface area contributed by atoms with Gasteiger partial charge in [0.05, 0.1) is 12.2 Å². The highest BCUT2D eigenvalue weighted by Gasteiger charge is 2.22. The van der Waals surface area contributed by atoms with Gasteiger partial charge in [-0.1, -0.05) is 42.5 Å².